The maximum Gasteiger partial charge on any atom is 1.00 e. The van der Waals surface area contributed by atoms with Gasteiger partial charge in [-0.15, -0.1) is 0 Å². The molecule has 0 aliphatic rings. The topological polar surface area (TPSA) is 110 Å². The molecule has 0 saturated carbocycles. The van der Waals surface area contributed by atoms with E-state index in [1.807, 2.05) is 0 Å². The predicted molar refractivity (Wildman–Crippen MR) is 260 cm³/mol. The zero-order chi connectivity index (χ0) is 45.0. The molecule has 63 heavy (non-hydrogen) atoms. The van der Waals surface area contributed by atoms with E-state index in [4.69, 9.17) is 9.47 Å². The van der Waals surface area contributed by atoms with Gasteiger partial charge in [0.1, 0.15) is 10.1 Å². The fraction of sp³-hybridized carbons (Fsp3) is 0.778. The summed E-state index contributed by atoms with van der Waals surface area (Å²) >= 11 is 0. The zero-order valence-electron chi connectivity index (χ0n) is 41.1. The summed E-state index contributed by atoms with van der Waals surface area (Å²) < 4.78 is 45.9. The molecule has 0 unspecified atom stereocenters. The smallest absolute Gasteiger partial charge is 0.744 e. The van der Waals surface area contributed by atoms with Crippen molar-refractivity contribution in [1.29, 1.82) is 0 Å². The number of carbonyl (C=O) groups excluding carboxylic acids is 2. The molecule has 0 fully saturated rings. The molecule has 0 N–H and O–H groups in total. The second kappa shape index (κ2) is 46.3. The molecule has 1 aromatic carbocycles. The molecule has 0 heterocycles. The first kappa shape index (κ1) is 62.2. The van der Waals surface area contributed by atoms with Crippen LogP contribution in [0.15, 0.2) is 47.4 Å². The molecule has 1 aromatic rings. The molecular weight excluding hydrogens is 832 g/mol. The van der Waals surface area contributed by atoms with Gasteiger partial charge in [0.25, 0.3) is 0 Å². The SMILES string of the molecule is CCCCCCCCCCCCCCCC/C=C/CCCCCOC(=O)c1ccc(S(=O)(=O)[O-])cc1C(=O)OCCCCC/C=C/CCCCCCCCCCCCCCCC.[K+]. The number of unbranched alkanes of at least 4 members (excludes halogenated alkanes) is 34. The van der Waals surface area contributed by atoms with Crippen molar-refractivity contribution in [1.82, 2.24) is 0 Å². The average molecular weight is 925 g/mol. The van der Waals surface area contributed by atoms with Crippen molar-refractivity contribution in [3.63, 3.8) is 0 Å². The maximum absolute atomic E-state index is 13.0. The van der Waals surface area contributed by atoms with Gasteiger partial charge in [-0.1, -0.05) is 205 Å². The van der Waals surface area contributed by atoms with Crippen LogP contribution in [0.2, 0.25) is 0 Å². The first-order valence-corrected chi connectivity index (χ1v) is 27.5. The van der Waals surface area contributed by atoms with Gasteiger partial charge in [0.2, 0.25) is 0 Å². The van der Waals surface area contributed by atoms with Crippen molar-refractivity contribution in [2.75, 3.05) is 13.2 Å². The van der Waals surface area contributed by atoms with Crippen LogP contribution in [0.3, 0.4) is 0 Å². The van der Waals surface area contributed by atoms with Crippen LogP contribution in [0.1, 0.15) is 279 Å². The third-order valence-corrected chi connectivity index (χ3v) is 12.8. The average Bonchev–Trinajstić information content (AvgIpc) is 3.26. The summed E-state index contributed by atoms with van der Waals surface area (Å²) in [5.41, 5.74) is -0.361. The van der Waals surface area contributed by atoms with Gasteiger partial charge in [0.15, 0.2) is 0 Å². The summed E-state index contributed by atoms with van der Waals surface area (Å²) in [7, 11) is -4.83. The standard InChI is InChI=1S/C54H94O7S.K/c1-3-5-7-9-11-13-15-17-19-21-23-25-27-29-31-33-35-37-39-41-43-47-60-53(55)51-46-45-50(62(57,58)59)49-52(51)54(56)61-48-44-42-40-38-36-34-32-30-28-26-24-22-20-18-16-14-12-10-8-6-4-2;/h33-36,45-46,49H,3-32,37-44,47-48H2,1-2H3,(H,57,58,59);/q;+1/p-1/b35-33+,36-34+;. The van der Waals surface area contributed by atoms with E-state index < -0.39 is 27.0 Å². The maximum atomic E-state index is 13.0. The van der Waals surface area contributed by atoms with Crippen molar-refractivity contribution in [3.8, 4) is 0 Å². The molecule has 0 atom stereocenters. The number of hydrogen-bond donors (Lipinski definition) is 0. The summed E-state index contributed by atoms with van der Waals surface area (Å²) in [6, 6.07) is 3.13. The first-order valence-electron chi connectivity index (χ1n) is 26.0. The van der Waals surface area contributed by atoms with E-state index >= 15 is 0 Å². The molecule has 0 saturated heterocycles. The van der Waals surface area contributed by atoms with Gasteiger partial charge < -0.3 is 14.0 Å². The second-order valence-electron chi connectivity index (χ2n) is 17.8. The molecule has 0 aromatic heterocycles. The van der Waals surface area contributed by atoms with Crippen LogP contribution in [0.25, 0.3) is 0 Å². The van der Waals surface area contributed by atoms with Crippen molar-refractivity contribution >= 4 is 22.1 Å². The van der Waals surface area contributed by atoms with E-state index in [0.29, 0.717) is 12.8 Å². The van der Waals surface area contributed by atoms with Gasteiger partial charge in [-0.3, -0.25) is 0 Å². The fourth-order valence-electron chi connectivity index (χ4n) is 7.98. The monoisotopic (exact) mass is 925 g/mol. The van der Waals surface area contributed by atoms with E-state index in [-0.39, 0.29) is 75.7 Å². The molecule has 0 radical (unpaired) electrons. The Kier molecular flexibility index (Phi) is 45.7. The Bertz CT molecular complexity index is 1380. The number of esters is 2. The Morgan fingerprint density at radius 1 is 0.429 bits per heavy atom. The van der Waals surface area contributed by atoms with Crippen molar-refractivity contribution in [3.05, 3.63) is 53.6 Å². The molecule has 7 nitrogen and oxygen atoms in total. The Morgan fingerprint density at radius 2 is 0.698 bits per heavy atom. The Labute approximate surface area is 431 Å². The zero-order valence-corrected chi connectivity index (χ0v) is 45.0. The third-order valence-electron chi connectivity index (χ3n) is 12.0. The minimum Gasteiger partial charge on any atom is -0.744 e. The van der Waals surface area contributed by atoms with Crippen LogP contribution in [0, 0.1) is 0 Å². The Hall–Kier alpha value is -0.814. The summed E-state index contributed by atoms with van der Waals surface area (Å²) in [6.07, 6.45) is 56.7. The number of rotatable bonds is 45. The molecule has 0 bridgehead atoms. The van der Waals surface area contributed by atoms with Gasteiger partial charge in [-0.2, -0.15) is 0 Å². The Balaban J connectivity index is 0.0000384. The molecule has 1 rings (SSSR count). The minimum absolute atomic E-state index is 0. The van der Waals surface area contributed by atoms with E-state index in [2.05, 4.69) is 38.2 Å². The summed E-state index contributed by atoms with van der Waals surface area (Å²) in [6.45, 7) is 4.87. The summed E-state index contributed by atoms with van der Waals surface area (Å²) in [4.78, 5) is 25.3. The normalized spacial score (nSPS) is 11.7. The molecule has 0 amide bonds. The van der Waals surface area contributed by atoms with Crippen LogP contribution in [0.4, 0.5) is 0 Å². The summed E-state index contributed by atoms with van der Waals surface area (Å²) in [5.74, 6) is -1.57. The van der Waals surface area contributed by atoms with Crippen LogP contribution in [0.5, 0.6) is 0 Å². The van der Waals surface area contributed by atoms with Gasteiger partial charge >= 0.3 is 63.3 Å². The predicted octanol–water partition coefficient (Wildman–Crippen LogP) is 13.9. The van der Waals surface area contributed by atoms with Crippen LogP contribution >= 0.6 is 0 Å². The van der Waals surface area contributed by atoms with Gasteiger partial charge in [-0.25, -0.2) is 18.0 Å². The number of hydrogen-bond acceptors (Lipinski definition) is 7. The molecule has 0 aliphatic carbocycles. The third kappa shape index (κ3) is 38.9. The molecular formula is C54H93KO7S. The van der Waals surface area contributed by atoms with Crippen molar-refractivity contribution < 1.29 is 83.4 Å². The van der Waals surface area contributed by atoms with Crippen molar-refractivity contribution in [2.45, 2.75) is 263 Å². The first-order chi connectivity index (χ1) is 30.3. The van der Waals surface area contributed by atoms with Gasteiger partial charge in [-0.05, 0) is 95.2 Å². The van der Waals surface area contributed by atoms with Crippen molar-refractivity contribution in [2.24, 2.45) is 0 Å². The van der Waals surface area contributed by atoms with Crippen LogP contribution in [-0.2, 0) is 19.6 Å². The number of carbonyl (C=O) groups is 2. The van der Waals surface area contributed by atoms with E-state index in [1.54, 1.807) is 0 Å². The minimum atomic E-state index is -4.83. The number of benzene rings is 1. The van der Waals surface area contributed by atoms with Crippen LogP contribution in [-0.4, -0.2) is 38.1 Å². The molecule has 0 spiro atoms. The second-order valence-corrected chi connectivity index (χ2v) is 19.2. The summed E-state index contributed by atoms with van der Waals surface area (Å²) in [5, 5.41) is 0. The van der Waals surface area contributed by atoms with E-state index in [0.717, 1.165) is 69.6 Å². The van der Waals surface area contributed by atoms with E-state index in [9.17, 15) is 22.6 Å². The number of ether oxygens (including phenoxy) is 2. The van der Waals surface area contributed by atoms with Gasteiger partial charge in [0.05, 0.1) is 29.2 Å². The largest absolute Gasteiger partial charge is 1.00 e. The molecule has 0 aliphatic heterocycles. The van der Waals surface area contributed by atoms with Gasteiger partial charge in [0, 0.05) is 0 Å². The Morgan fingerprint density at radius 3 is 1.00 bits per heavy atom. The quantitative estimate of drug-likeness (QED) is 0.0211. The number of allylic oxidation sites excluding steroid dienone is 4. The molecule has 9 heteroatoms. The molecule has 358 valence electrons. The van der Waals surface area contributed by atoms with Crippen LogP contribution < -0.4 is 51.4 Å². The van der Waals surface area contributed by atoms with E-state index in [1.165, 1.54) is 180 Å². The fourth-order valence-corrected chi connectivity index (χ4v) is 8.47.